The Morgan fingerprint density at radius 2 is 1.75 bits per heavy atom. The van der Waals surface area contributed by atoms with Gasteiger partial charge in [-0.15, -0.1) is 0 Å². The molecular formula is C29H30N4O3. The molecule has 4 aromatic rings. The van der Waals surface area contributed by atoms with E-state index in [1.807, 2.05) is 85.8 Å². The van der Waals surface area contributed by atoms with Crippen LogP contribution in [-0.4, -0.2) is 37.4 Å². The van der Waals surface area contributed by atoms with Gasteiger partial charge < -0.3 is 14.2 Å². The smallest absolute Gasteiger partial charge is 0.173 e. The van der Waals surface area contributed by atoms with E-state index >= 15 is 0 Å². The lowest BCUT2D eigenvalue weighted by Crippen LogP contribution is -2.20. The predicted molar refractivity (Wildman–Crippen MR) is 145 cm³/mol. The summed E-state index contributed by atoms with van der Waals surface area (Å²) in [6, 6.07) is 25.2. The van der Waals surface area contributed by atoms with Gasteiger partial charge >= 0.3 is 0 Å². The zero-order valence-corrected chi connectivity index (χ0v) is 20.8. The van der Waals surface area contributed by atoms with Crippen molar-refractivity contribution in [3.8, 4) is 17.2 Å². The Bertz CT molecular complexity index is 1350. The van der Waals surface area contributed by atoms with Crippen molar-refractivity contribution in [3.63, 3.8) is 0 Å². The lowest BCUT2D eigenvalue weighted by atomic mass is 10.2. The molecule has 7 heteroatoms. The number of aliphatic imine (C=N–C) groups is 1. The third-order valence-electron chi connectivity index (χ3n) is 5.26. The lowest BCUT2D eigenvalue weighted by molar-refractivity contribution is 0.294. The third kappa shape index (κ3) is 6.39. The van der Waals surface area contributed by atoms with Crippen LogP contribution < -0.4 is 19.6 Å². The molecule has 184 valence electrons. The zero-order chi connectivity index (χ0) is 25.2. The highest BCUT2D eigenvalue weighted by Crippen LogP contribution is 2.27. The van der Waals surface area contributed by atoms with E-state index in [0.29, 0.717) is 36.2 Å². The second kappa shape index (κ2) is 12.4. The van der Waals surface area contributed by atoms with Gasteiger partial charge in [0.1, 0.15) is 11.4 Å². The van der Waals surface area contributed by atoms with E-state index in [2.05, 4.69) is 17.5 Å². The number of pyridine rings is 1. The van der Waals surface area contributed by atoms with Crippen LogP contribution in [0.5, 0.6) is 17.2 Å². The third-order valence-corrected chi connectivity index (χ3v) is 5.26. The van der Waals surface area contributed by atoms with E-state index < -0.39 is 0 Å². The van der Waals surface area contributed by atoms with Crippen LogP contribution in [0.15, 0.2) is 89.0 Å². The van der Waals surface area contributed by atoms with E-state index in [9.17, 15) is 0 Å². The molecule has 0 radical (unpaired) electrons. The first-order valence-electron chi connectivity index (χ1n) is 12.0. The SMILES string of the molecule is CCCOc1ccc(/C=N/NC(=Nc2ccc(OCC)cc2)c2ccc3ccccc3n2)cc1OC. The van der Waals surface area contributed by atoms with Crippen molar-refractivity contribution in [3.05, 3.63) is 90.1 Å². The van der Waals surface area contributed by atoms with E-state index in [4.69, 9.17) is 24.2 Å². The Morgan fingerprint density at radius 1 is 0.917 bits per heavy atom. The fourth-order valence-corrected chi connectivity index (χ4v) is 3.51. The molecule has 0 aliphatic carbocycles. The number of nitrogens with one attached hydrogen (secondary N) is 1. The second-order valence-corrected chi connectivity index (χ2v) is 7.91. The molecule has 4 rings (SSSR count). The average molecular weight is 483 g/mol. The zero-order valence-electron chi connectivity index (χ0n) is 20.8. The quantitative estimate of drug-likeness (QED) is 0.167. The van der Waals surface area contributed by atoms with Crippen LogP contribution in [0, 0.1) is 0 Å². The summed E-state index contributed by atoms with van der Waals surface area (Å²) in [6.45, 7) is 5.27. The number of hydrogen-bond acceptors (Lipinski definition) is 6. The van der Waals surface area contributed by atoms with Crippen molar-refractivity contribution < 1.29 is 14.2 Å². The number of nitrogens with zero attached hydrogens (tertiary/aromatic N) is 3. The number of rotatable bonds is 10. The fraction of sp³-hybridized carbons (Fsp3) is 0.207. The summed E-state index contributed by atoms with van der Waals surface area (Å²) in [7, 11) is 1.63. The van der Waals surface area contributed by atoms with E-state index in [1.54, 1.807) is 13.3 Å². The first-order chi connectivity index (χ1) is 17.7. The van der Waals surface area contributed by atoms with Crippen molar-refractivity contribution in [2.45, 2.75) is 20.3 Å². The van der Waals surface area contributed by atoms with E-state index in [-0.39, 0.29) is 0 Å². The van der Waals surface area contributed by atoms with Crippen molar-refractivity contribution in [1.29, 1.82) is 0 Å². The molecule has 1 aromatic heterocycles. The van der Waals surface area contributed by atoms with Crippen molar-refractivity contribution in [2.24, 2.45) is 10.1 Å². The number of hydrazone groups is 1. The summed E-state index contributed by atoms with van der Waals surface area (Å²) in [5, 5.41) is 5.50. The van der Waals surface area contributed by atoms with Crippen LogP contribution in [0.3, 0.4) is 0 Å². The monoisotopic (exact) mass is 482 g/mol. The summed E-state index contributed by atoms with van der Waals surface area (Å²) in [5.41, 5.74) is 6.25. The molecular weight excluding hydrogens is 452 g/mol. The van der Waals surface area contributed by atoms with Gasteiger partial charge in [0, 0.05) is 5.39 Å². The highest BCUT2D eigenvalue weighted by Gasteiger charge is 2.08. The van der Waals surface area contributed by atoms with Crippen LogP contribution in [-0.2, 0) is 0 Å². The van der Waals surface area contributed by atoms with Crippen LogP contribution >= 0.6 is 0 Å². The number of amidine groups is 1. The fourth-order valence-electron chi connectivity index (χ4n) is 3.51. The highest BCUT2D eigenvalue weighted by atomic mass is 16.5. The maximum absolute atomic E-state index is 5.74. The maximum atomic E-state index is 5.74. The Kier molecular flexibility index (Phi) is 8.48. The molecule has 0 aliphatic heterocycles. The maximum Gasteiger partial charge on any atom is 0.173 e. The van der Waals surface area contributed by atoms with Gasteiger partial charge in [-0.3, -0.25) is 5.43 Å². The number of ether oxygens (including phenoxy) is 3. The second-order valence-electron chi connectivity index (χ2n) is 7.91. The van der Waals surface area contributed by atoms with Crippen molar-refractivity contribution in [1.82, 2.24) is 10.4 Å². The molecule has 0 aliphatic rings. The molecule has 0 fully saturated rings. The van der Waals surface area contributed by atoms with Gasteiger partial charge in [0.2, 0.25) is 0 Å². The molecule has 0 unspecified atom stereocenters. The Labute approximate surface area is 211 Å². The molecule has 3 aromatic carbocycles. The Hall–Kier alpha value is -4.39. The molecule has 7 nitrogen and oxygen atoms in total. The molecule has 0 spiro atoms. The molecule has 0 saturated heterocycles. The van der Waals surface area contributed by atoms with Gasteiger partial charge in [-0.25, -0.2) is 9.98 Å². The van der Waals surface area contributed by atoms with E-state index in [1.165, 1.54) is 0 Å². The molecule has 0 saturated carbocycles. The van der Waals surface area contributed by atoms with Gasteiger partial charge in [0.15, 0.2) is 17.3 Å². The van der Waals surface area contributed by atoms with E-state index in [0.717, 1.165) is 34.3 Å². The topological polar surface area (TPSA) is 77.3 Å². The summed E-state index contributed by atoms with van der Waals surface area (Å²) in [5.74, 6) is 2.69. The lowest BCUT2D eigenvalue weighted by Gasteiger charge is -2.10. The number of para-hydroxylation sites is 1. The average Bonchev–Trinajstić information content (AvgIpc) is 2.92. The highest BCUT2D eigenvalue weighted by molar-refractivity contribution is 6.00. The van der Waals surface area contributed by atoms with Crippen LogP contribution in [0.25, 0.3) is 10.9 Å². The van der Waals surface area contributed by atoms with Gasteiger partial charge in [-0.2, -0.15) is 5.10 Å². The summed E-state index contributed by atoms with van der Waals surface area (Å²) >= 11 is 0. The number of benzene rings is 3. The van der Waals surface area contributed by atoms with Gasteiger partial charge in [-0.1, -0.05) is 31.2 Å². The van der Waals surface area contributed by atoms with Crippen molar-refractivity contribution >= 4 is 28.6 Å². The van der Waals surface area contributed by atoms with Gasteiger partial charge in [-0.05, 0) is 73.5 Å². The Morgan fingerprint density at radius 3 is 2.53 bits per heavy atom. The molecule has 36 heavy (non-hydrogen) atoms. The standard InChI is InChI=1S/C29H30N4O3/c1-4-18-36-27-17-10-21(19-28(27)34-3)20-30-33-29(31-23-12-14-24(15-13-23)35-5-2)26-16-11-22-8-6-7-9-25(22)32-26/h6-17,19-20H,4-5,18H2,1-3H3,(H,31,33)/b30-20+. The molecule has 1 heterocycles. The first-order valence-corrected chi connectivity index (χ1v) is 12.0. The number of methoxy groups -OCH3 is 1. The Balaban J connectivity index is 1.61. The van der Waals surface area contributed by atoms with Crippen LogP contribution in [0.2, 0.25) is 0 Å². The summed E-state index contributed by atoms with van der Waals surface area (Å²) in [4.78, 5) is 9.56. The summed E-state index contributed by atoms with van der Waals surface area (Å²) < 4.78 is 16.8. The molecule has 1 N–H and O–H groups in total. The molecule has 0 bridgehead atoms. The number of fused-ring (bicyclic) bond motifs is 1. The van der Waals surface area contributed by atoms with Gasteiger partial charge in [0.25, 0.3) is 0 Å². The van der Waals surface area contributed by atoms with Crippen LogP contribution in [0.1, 0.15) is 31.5 Å². The predicted octanol–water partition coefficient (Wildman–Crippen LogP) is 6.13. The minimum atomic E-state index is 0.524. The normalized spacial score (nSPS) is 11.6. The van der Waals surface area contributed by atoms with Gasteiger partial charge in [0.05, 0.1) is 37.7 Å². The molecule has 0 atom stereocenters. The summed E-state index contributed by atoms with van der Waals surface area (Å²) in [6.07, 6.45) is 2.64. The number of aromatic nitrogens is 1. The van der Waals surface area contributed by atoms with Crippen LogP contribution in [0.4, 0.5) is 5.69 Å². The first kappa shape index (κ1) is 24.7. The minimum absolute atomic E-state index is 0.524. The van der Waals surface area contributed by atoms with Crippen molar-refractivity contribution in [2.75, 3.05) is 20.3 Å². The number of hydrogen-bond donors (Lipinski definition) is 1. The largest absolute Gasteiger partial charge is 0.494 e. The molecule has 0 amide bonds. The minimum Gasteiger partial charge on any atom is -0.494 e.